The van der Waals surface area contributed by atoms with Crippen LogP contribution in [0.25, 0.3) is 0 Å². The first-order valence-corrected chi connectivity index (χ1v) is 12.0. The number of carbonyl (C=O) groups is 1. The molecule has 1 aliphatic carbocycles. The van der Waals surface area contributed by atoms with E-state index < -0.39 is 12.1 Å². The number of carboxylic acids is 1. The quantitative estimate of drug-likeness (QED) is 0.387. The van der Waals surface area contributed by atoms with Crippen LogP contribution in [0.2, 0.25) is 0 Å². The molecule has 33 heavy (non-hydrogen) atoms. The van der Waals surface area contributed by atoms with E-state index in [1.165, 1.54) is 22.3 Å². The van der Waals surface area contributed by atoms with Crippen LogP contribution in [0.4, 0.5) is 0 Å². The summed E-state index contributed by atoms with van der Waals surface area (Å²) in [5, 5.41) is 13.0. The fraction of sp³-hybridized carbons (Fsp3) is 0.345. The van der Waals surface area contributed by atoms with Crippen LogP contribution in [0.1, 0.15) is 47.9 Å². The molecule has 2 atom stereocenters. The van der Waals surface area contributed by atoms with Crippen molar-refractivity contribution >= 4 is 5.97 Å². The van der Waals surface area contributed by atoms with Gasteiger partial charge in [-0.3, -0.25) is 0 Å². The van der Waals surface area contributed by atoms with Gasteiger partial charge in [-0.1, -0.05) is 79.7 Å². The van der Waals surface area contributed by atoms with Crippen molar-refractivity contribution in [2.75, 3.05) is 13.1 Å². The number of nitrogens with one attached hydrogen (secondary N) is 1. The zero-order valence-corrected chi connectivity index (χ0v) is 19.2. The molecular weight excluding hydrogens is 410 g/mol. The summed E-state index contributed by atoms with van der Waals surface area (Å²) in [6.45, 7) is 3.73. The molecule has 0 heterocycles. The molecule has 0 fully saturated rings. The van der Waals surface area contributed by atoms with Gasteiger partial charge in [-0.05, 0) is 73.0 Å². The predicted molar refractivity (Wildman–Crippen MR) is 132 cm³/mol. The highest BCUT2D eigenvalue weighted by molar-refractivity contribution is 5.72. The molecule has 0 saturated heterocycles. The van der Waals surface area contributed by atoms with Crippen molar-refractivity contribution in [1.29, 1.82) is 0 Å². The minimum absolute atomic E-state index is 0.377. The molecular formula is C29H33NO3. The fourth-order valence-electron chi connectivity index (χ4n) is 4.87. The number of rotatable bonds is 11. The smallest absolute Gasteiger partial charge is 0.344 e. The van der Waals surface area contributed by atoms with Gasteiger partial charge in [0.15, 0.2) is 6.10 Å². The van der Waals surface area contributed by atoms with Crippen molar-refractivity contribution < 1.29 is 14.6 Å². The van der Waals surface area contributed by atoms with Gasteiger partial charge in [-0.25, -0.2) is 4.79 Å². The van der Waals surface area contributed by atoms with Gasteiger partial charge in [0.05, 0.1) is 0 Å². The minimum atomic E-state index is -0.905. The molecule has 0 saturated carbocycles. The third-order valence-corrected chi connectivity index (χ3v) is 6.59. The summed E-state index contributed by atoms with van der Waals surface area (Å²) < 4.78 is 5.85. The molecule has 3 aromatic carbocycles. The van der Waals surface area contributed by atoms with Crippen LogP contribution in [-0.2, 0) is 17.6 Å². The Kier molecular flexibility index (Phi) is 7.79. The average molecular weight is 444 g/mol. The van der Waals surface area contributed by atoms with Crippen LogP contribution >= 0.6 is 0 Å². The summed E-state index contributed by atoms with van der Waals surface area (Å²) in [5.41, 5.74) is 5.16. The SMILES string of the molecule is CCC(Oc1cccc2c1CC(CNCCC(c1ccccc1)c1ccccc1)C2)C(=O)O. The monoisotopic (exact) mass is 443 g/mol. The Balaban J connectivity index is 1.33. The van der Waals surface area contributed by atoms with Gasteiger partial charge < -0.3 is 15.2 Å². The number of fused-ring (bicyclic) bond motifs is 1. The van der Waals surface area contributed by atoms with Crippen molar-refractivity contribution in [2.24, 2.45) is 5.92 Å². The number of carboxylic acid groups (broad SMARTS) is 1. The lowest BCUT2D eigenvalue weighted by molar-refractivity contribution is -0.145. The van der Waals surface area contributed by atoms with Crippen molar-refractivity contribution in [3.05, 3.63) is 101 Å². The first-order chi connectivity index (χ1) is 16.2. The lowest BCUT2D eigenvalue weighted by Crippen LogP contribution is -2.26. The molecule has 0 bridgehead atoms. The van der Waals surface area contributed by atoms with Gasteiger partial charge in [-0.2, -0.15) is 0 Å². The number of benzene rings is 3. The third kappa shape index (κ3) is 5.82. The van der Waals surface area contributed by atoms with Gasteiger partial charge in [0.1, 0.15) is 5.75 Å². The Morgan fingerprint density at radius 2 is 1.64 bits per heavy atom. The molecule has 0 aromatic heterocycles. The number of ether oxygens (including phenoxy) is 1. The van der Waals surface area contributed by atoms with Crippen LogP contribution in [0, 0.1) is 5.92 Å². The first-order valence-electron chi connectivity index (χ1n) is 12.0. The number of hydrogen-bond acceptors (Lipinski definition) is 3. The van der Waals surface area contributed by atoms with Gasteiger partial charge in [0.2, 0.25) is 0 Å². The molecule has 4 heteroatoms. The van der Waals surface area contributed by atoms with Crippen LogP contribution in [-0.4, -0.2) is 30.3 Å². The molecule has 0 amide bonds. The molecule has 172 valence electrons. The van der Waals surface area contributed by atoms with Crippen LogP contribution in [0.3, 0.4) is 0 Å². The van der Waals surface area contributed by atoms with Gasteiger partial charge >= 0.3 is 5.97 Å². The van der Waals surface area contributed by atoms with E-state index in [1.54, 1.807) is 0 Å². The predicted octanol–water partition coefficient (Wildman–Crippen LogP) is 5.46. The van der Waals surface area contributed by atoms with E-state index in [4.69, 9.17) is 4.74 Å². The standard InChI is InChI=1S/C29H33NO3/c1-2-27(29(31)32)33-28-15-9-14-24-18-21(19-26(24)28)20-30-17-16-25(22-10-5-3-6-11-22)23-12-7-4-8-13-23/h3-15,21,25,27,30H,2,16-20H2,1H3,(H,31,32). The van der Waals surface area contributed by atoms with E-state index in [2.05, 4.69) is 72.0 Å². The van der Waals surface area contributed by atoms with Crippen molar-refractivity contribution in [3.63, 3.8) is 0 Å². The normalized spacial score (nSPS) is 15.9. The van der Waals surface area contributed by atoms with Gasteiger partial charge in [-0.15, -0.1) is 0 Å². The second-order valence-corrected chi connectivity index (χ2v) is 8.89. The Labute approximate surface area is 196 Å². The molecule has 0 spiro atoms. The maximum atomic E-state index is 11.4. The molecule has 3 aromatic rings. The lowest BCUT2D eigenvalue weighted by atomic mass is 9.88. The highest BCUT2D eigenvalue weighted by atomic mass is 16.5. The second kappa shape index (κ2) is 11.2. The lowest BCUT2D eigenvalue weighted by Gasteiger charge is -2.19. The Hall–Kier alpha value is -3.11. The maximum absolute atomic E-state index is 11.4. The summed E-state index contributed by atoms with van der Waals surface area (Å²) >= 11 is 0. The Morgan fingerprint density at radius 1 is 0.970 bits per heavy atom. The van der Waals surface area contributed by atoms with Crippen molar-refractivity contribution in [2.45, 2.75) is 44.6 Å². The van der Waals surface area contributed by atoms with Crippen molar-refractivity contribution in [1.82, 2.24) is 5.32 Å². The first kappa shape index (κ1) is 23.1. The maximum Gasteiger partial charge on any atom is 0.344 e. The summed E-state index contributed by atoms with van der Waals surface area (Å²) in [4.78, 5) is 11.4. The zero-order chi connectivity index (χ0) is 23.0. The van der Waals surface area contributed by atoms with Crippen LogP contribution in [0.5, 0.6) is 5.75 Å². The zero-order valence-electron chi connectivity index (χ0n) is 19.2. The highest BCUT2D eigenvalue weighted by Crippen LogP contribution is 2.34. The molecule has 4 rings (SSSR count). The van der Waals surface area contributed by atoms with E-state index in [9.17, 15) is 9.90 Å². The number of aliphatic carboxylic acids is 1. The van der Waals surface area contributed by atoms with E-state index in [1.807, 2.05) is 19.1 Å². The van der Waals surface area contributed by atoms with Crippen LogP contribution in [0.15, 0.2) is 78.9 Å². The summed E-state index contributed by atoms with van der Waals surface area (Å²) in [5.74, 6) is 0.708. The van der Waals surface area contributed by atoms with E-state index in [-0.39, 0.29) is 0 Å². The molecule has 2 N–H and O–H groups in total. The Morgan fingerprint density at radius 3 is 2.24 bits per heavy atom. The second-order valence-electron chi connectivity index (χ2n) is 8.89. The summed E-state index contributed by atoms with van der Waals surface area (Å²) in [7, 11) is 0. The minimum Gasteiger partial charge on any atom is -0.479 e. The van der Waals surface area contributed by atoms with Crippen LogP contribution < -0.4 is 10.1 Å². The molecule has 2 unspecified atom stereocenters. The van der Waals surface area contributed by atoms with E-state index >= 15 is 0 Å². The molecule has 0 aliphatic heterocycles. The van der Waals surface area contributed by atoms with Gasteiger partial charge in [0.25, 0.3) is 0 Å². The summed E-state index contributed by atoms with van der Waals surface area (Å²) in [6.07, 6.45) is 2.63. The summed E-state index contributed by atoms with van der Waals surface area (Å²) in [6, 6.07) is 27.5. The third-order valence-electron chi connectivity index (χ3n) is 6.59. The number of hydrogen-bond donors (Lipinski definition) is 2. The molecule has 4 nitrogen and oxygen atoms in total. The fourth-order valence-corrected chi connectivity index (χ4v) is 4.87. The van der Waals surface area contributed by atoms with E-state index in [0.717, 1.165) is 38.1 Å². The topological polar surface area (TPSA) is 58.6 Å². The average Bonchev–Trinajstić information content (AvgIpc) is 3.27. The Bertz CT molecular complexity index is 996. The highest BCUT2D eigenvalue weighted by Gasteiger charge is 2.26. The largest absolute Gasteiger partial charge is 0.479 e. The molecule has 1 aliphatic rings. The van der Waals surface area contributed by atoms with Crippen molar-refractivity contribution in [3.8, 4) is 5.75 Å². The van der Waals surface area contributed by atoms with Gasteiger partial charge in [0, 0.05) is 5.92 Å². The van der Waals surface area contributed by atoms with E-state index in [0.29, 0.717) is 18.3 Å². The molecule has 0 radical (unpaired) electrons.